The summed E-state index contributed by atoms with van der Waals surface area (Å²) in [6.07, 6.45) is 3.05. The second-order valence-electron chi connectivity index (χ2n) is 5.95. The Bertz CT molecular complexity index is 705. The van der Waals surface area contributed by atoms with Crippen LogP contribution in [-0.4, -0.2) is 65.3 Å². The van der Waals surface area contributed by atoms with Crippen molar-refractivity contribution in [2.45, 2.75) is 43.1 Å². The minimum atomic E-state index is -3.03. The van der Waals surface area contributed by atoms with E-state index < -0.39 is 9.84 Å². The maximum atomic E-state index is 12.7. The van der Waals surface area contributed by atoms with Crippen molar-refractivity contribution < 1.29 is 13.2 Å². The molecule has 7 nitrogen and oxygen atoms in total. The van der Waals surface area contributed by atoms with Gasteiger partial charge in [-0.1, -0.05) is 36.1 Å². The van der Waals surface area contributed by atoms with E-state index in [-0.39, 0.29) is 35.2 Å². The molecule has 1 fully saturated rings. The van der Waals surface area contributed by atoms with Crippen molar-refractivity contribution in [1.29, 1.82) is 0 Å². The van der Waals surface area contributed by atoms with Gasteiger partial charge in [-0.25, -0.2) is 8.42 Å². The highest BCUT2D eigenvalue weighted by atomic mass is 32.2. The molecule has 1 aliphatic rings. The molecule has 1 aliphatic heterocycles. The van der Waals surface area contributed by atoms with Crippen LogP contribution in [0.3, 0.4) is 0 Å². The van der Waals surface area contributed by atoms with Crippen molar-refractivity contribution in [2.75, 3.05) is 29.1 Å². The third kappa shape index (κ3) is 5.68. The molecule has 2 heterocycles. The zero-order valence-corrected chi connectivity index (χ0v) is 16.9. The number of anilines is 1. The first kappa shape index (κ1) is 20.2. The predicted molar refractivity (Wildman–Crippen MR) is 103 cm³/mol. The van der Waals surface area contributed by atoms with Crippen LogP contribution in [0.5, 0.6) is 0 Å². The Hall–Kier alpha value is -1.13. The third-order valence-electron chi connectivity index (χ3n) is 4.08. The number of hydrogen-bond donors (Lipinski definition) is 1. The summed E-state index contributed by atoms with van der Waals surface area (Å²) in [5, 5.41) is 11.8. The molecule has 140 valence electrons. The van der Waals surface area contributed by atoms with Gasteiger partial charge in [0.25, 0.3) is 0 Å². The number of sulfone groups is 1. The van der Waals surface area contributed by atoms with Crippen molar-refractivity contribution in [3.63, 3.8) is 0 Å². The summed E-state index contributed by atoms with van der Waals surface area (Å²) in [5.41, 5.74) is 0. The van der Waals surface area contributed by atoms with Gasteiger partial charge in [-0.2, -0.15) is 0 Å². The molecule has 1 N–H and O–H groups in total. The Morgan fingerprint density at radius 2 is 2.32 bits per heavy atom. The largest absolute Gasteiger partial charge is 0.357 e. The molecular weight excluding hydrogens is 380 g/mol. The van der Waals surface area contributed by atoms with Crippen LogP contribution in [-0.2, 0) is 14.6 Å². The molecular formula is C15H24N4O3S3. The topological polar surface area (TPSA) is 92.3 Å². The minimum Gasteiger partial charge on any atom is -0.357 e. The van der Waals surface area contributed by atoms with Gasteiger partial charge in [0.15, 0.2) is 14.2 Å². The van der Waals surface area contributed by atoms with Crippen LogP contribution >= 0.6 is 23.1 Å². The highest BCUT2D eigenvalue weighted by Gasteiger charge is 2.36. The average molecular weight is 405 g/mol. The molecule has 1 saturated heterocycles. The Balaban J connectivity index is 1.97. The molecule has 0 saturated carbocycles. The van der Waals surface area contributed by atoms with Crippen LogP contribution in [0, 0.1) is 0 Å². The van der Waals surface area contributed by atoms with Gasteiger partial charge < -0.3 is 10.2 Å². The van der Waals surface area contributed by atoms with Crippen molar-refractivity contribution in [1.82, 2.24) is 15.1 Å². The van der Waals surface area contributed by atoms with E-state index in [0.717, 1.165) is 6.42 Å². The number of carbonyl (C=O) groups is 1. The number of thioether (sulfide) groups is 1. The van der Waals surface area contributed by atoms with E-state index in [1.165, 1.54) is 23.1 Å². The Morgan fingerprint density at radius 3 is 2.92 bits per heavy atom. The van der Waals surface area contributed by atoms with Crippen molar-refractivity contribution in [2.24, 2.45) is 0 Å². The van der Waals surface area contributed by atoms with Gasteiger partial charge in [0.2, 0.25) is 11.0 Å². The molecule has 0 aliphatic carbocycles. The van der Waals surface area contributed by atoms with Crippen molar-refractivity contribution >= 4 is 44.0 Å². The van der Waals surface area contributed by atoms with Crippen molar-refractivity contribution in [3.05, 3.63) is 12.7 Å². The first-order chi connectivity index (χ1) is 11.9. The lowest BCUT2D eigenvalue weighted by atomic mass is 10.1. The second kappa shape index (κ2) is 9.00. The molecule has 0 bridgehead atoms. The standard InChI is InChI=1S/C15H24N4O3S3/c1-4-7-16-14-17-18-15(24-14)23-9-13(20)19(11(3)5-2)12-6-8-25(21,22)10-12/h4,11-12H,1,5-10H2,2-3H3,(H,16,17)/t11-,12+/m1/s1. The number of nitrogens with zero attached hydrogens (tertiary/aromatic N) is 3. The van der Waals surface area contributed by atoms with Gasteiger partial charge in [0.05, 0.1) is 17.3 Å². The van der Waals surface area contributed by atoms with Gasteiger partial charge in [-0.05, 0) is 19.8 Å². The van der Waals surface area contributed by atoms with E-state index in [0.29, 0.717) is 22.4 Å². The summed E-state index contributed by atoms with van der Waals surface area (Å²) in [6.45, 7) is 8.21. The predicted octanol–water partition coefficient (Wildman–Crippen LogP) is 2.04. The first-order valence-electron chi connectivity index (χ1n) is 8.19. The molecule has 1 amide bonds. The van der Waals surface area contributed by atoms with Gasteiger partial charge in [0.1, 0.15) is 0 Å². The van der Waals surface area contributed by atoms with E-state index >= 15 is 0 Å². The molecule has 1 aromatic rings. The Morgan fingerprint density at radius 1 is 1.56 bits per heavy atom. The van der Waals surface area contributed by atoms with Gasteiger partial charge in [0, 0.05) is 18.6 Å². The molecule has 1 aromatic heterocycles. The second-order valence-corrected chi connectivity index (χ2v) is 10.4. The molecule has 0 radical (unpaired) electrons. The van der Waals surface area contributed by atoms with Crippen LogP contribution in [0.25, 0.3) is 0 Å². The van der Waals surface area contributed by atoms with E-state index in [1.807, 2.05) is 13.8 Å². The molecule has 0 unspecified atom stereocenters. The summed E-state index contributed by atoms with van der Waals surface area (Å²) in [6, 6.07) is -0.196. The van der Waals surface area contributed by atoms with Crippen LogP contribution < -0.4 is 5.32 Å². The molecule has 0 aromatic carbocycles. The number of nitrogens with one attached hydrogen (secondary N) is 1. The Labute approximate surface area is 157 Å². The number of rotatable bonds is 9. The van der Waals surface area contributed by atoms with Gasteiger partial charge in [-0.15, -0.1) is 16.8 Å². The monoisotopic (exact) mass is 404 g/mol. The fraction of sp³-hybridized carbons (Fsp3) is 0.667. The third-order valence-corrected chi connectivity index (χ3v) is 7.83. The fourth-order valence-corrected chi connectivity index (χ4v) is 6.04. The van der Waals surface area contributed by atoms with Crippen LogP contribution in [0.1, 0.15) is 26.7 Å². The van der Waals surface area contributed by atoms with E-state index in [4.69, 9.17) is 0 Å². The van der Waals surface area contributed by atoms with Crippen LogP contribution in [0.2, 0.25) is 0 Å². The highest BCUT2D eigenvalue weighted by molar-refractivity contribution is 8.01. The zero-order valence-electron chi connectivity index (χ0n) is 14.5. The first-order valence-corrected chi connectivity index (χ1v) is 11.8. The van der Waals surface area contributed by atoms with Crippen LogP contribution in [0.15, 0.2) is 17.0 Å². The summed E-state index contributed by atoms with van der Waals surface area (Å²) < 4.78 is 24.3. The number of carbonyl (C=O) groups excluding carboxylic acids is 1. The minimum absolute atomic E-state index is 0.0191. The maximum Gasteiger partial charge on any atom is 0.233 e. The van der Waals surface area contributed by atoms with Gasteiger partial charge in [-0.3, -0.25) is 4.79 Å². The number of hydrogen-bond acceptors (Lipinski definition) is 8. The van der Waals surface area contributed by atoms with E-state index in [9.17, 15) is 13.2 Å². The molecule has 2 atom stereocenters. The fourth-order valence-electron chi connectivity index (χ4n) is 2.70. The zero-order chi connectivity index (χ0) is 18.4. The molecule has 25 heavy (non-hydrogen) atoms. The summed E-state index contributed by atoms with van der Waals surface area (Å²) in [4.78, 5) is 14.5. The normalized spacial score (nSPS) is 20.2. The SMILES string of the molecule is C=CCNc1nnc(SCC(=O)N([C@H]2CCS(=O)(=O)C2)[C@H](C)CC)s1. The lowest BCUT2D eigenvalue weighted by molar-refractivity contribution is -0.132. The van der Waals surface area contributed by atoms with Crippen LogP contribution in [0.4, 0.5) is 5.13 Å². The lowest BCUT2D eigenvalue weighted by Gasteiger charge is -2.33. The maximum absolute atomic E-state index is 12.7. The summed E-state index contributed by atoms with van der Waals surface area (Å²) in [5.74, 6) is 0.427. The number of amides is 1. The molecule has 2 rings (SSSR count). The molecule has 10 heteroatoms. The lowest BCUT2D eigenvalue weighted by Crippen LogP contribution is -2.47. The van der Waals surface area contributed by atoms with E-state index in [1.54, 1.807) is 11.0 Å². The quantitative estimate of drug-likeness (QED) is 0.497. The summed E-state index contributed by atoms with van der Waals surface area (Å²) >= 11 is 2.72. The van der Waals surface area contributed by atoms with E-state index in [2.05, 4.69) is 22.1 Å². The number of aromatic nitrogens is 2. The highest BCUT2D eigenvalue weighted by Crippen LogP contribution is 2.27. The summed E-state index contributed by atoms with van der Waals surface area (Å²) in [7, 11) is -3.03. The average Bonchev–Trinajstić information content (AvgIpc) is 3.17. The molecule has 0 spiro atoms. The Kier molecular flexibility index (Phi) is 7.26. The smallest absolute Gasteiger partial charge is 0.233 e. The van der Waals surface area contributed by atoms with Crippen molar-refractivity contribution in [3.8, 4) is 0 Å². The van der Waals surface area contributed by atoms with Gasteiger partial charge >= 0.3 is 0 Å².